The summed E-state index contributed by atoms with van der Waals surface area (Å²) in [5.41, 5.74) is 1.46. The second-order valence-electron chi connectivity index (χ2n) is 5.11. The summed E-state index contributed by atoms with van der Waals surface area (Å²) in [5, 5.41) is 9.62. The van der Waals surface area contributed by atoms with Gasteiger partial charge in [-0.2, -0.15) is 5.10 Å². The predicted octanol–water partition coefficient (Wildman–Crippen LogP) is 2.66. The fraction of sp³-hybridized carbons (Fsp3) is 0.692. The van der Waals surface area contributed by atoms with Crippen LogP contribution >= 0.6 is 0 Å². The van der Waals surface area contributed by atoms with Crippen molar-refractivity contribution in [1.82, 2.24) is 15.5 Å². The van der Waals surface area contributed by atoms with E-state index in [1.165, 1.54) is 6.42 Å². The van der Waals surface area contributed by atoms with Crippen molar-refractivity contribution in [1.29, 1.82) is 0 Å². The highest BCUT2D eigenvalue weighted by Crippen LogP contribution is 2.09. The zero-order chi connectivity index (χ0) is 12.8. The molecule has 0 radical (unpaired) electrons. The van der Waals surface area contributed by atoms with Crippen LogP contribution in [0.3, 0.4) is 0 Å². The van der Waals surface area contributed by atoms with Gasteiger partial charge in [-0.05, 0) is 26.2 Å². The van der Waals surface area contributed by atoms with E-state index in [0.717, 1.165) is 24.5 Å². The second-order valence-corrected chi connectivity index (χ2v) is 5.11. The highest BCUT2D eigenvalue weighted by Gasteiger charge is 2.13. The predicted molar refractivity (Wildman–Crippen MR) is 68.9 cm³/mol. The van der Waals surface area contributed by atoms with E-state index in [4.69, 9.17) is 0 Å². The van der Waals surface area contributed by atoms with E-state index in [2.05, 4.69) is 29.4 Å². The lowest BCUT2D eigenvalue weighted by atomic mass is 10.0. The molecule has 0 aliphatic rings. The van der Waals surface area contributed by atoms with Crippen molar-refractivity contribution in [2.24, 2.45) is 5.92 Å². The SMILES string of the molecule is Cc1[nH]ncc1C(=O)NC(C)CCCC(C)C. The molecule has 96 valence electrons. The topological polar surface area (TPSA) is 57.8 Å². The number of aryl methyl sites for hydroxylation is 1. The van der Waals surface area contributed by atoms with Crippen molar-refractivity contribution in [3.05, 3.63) is 17.5 Å². The molecule has 1 amide bonds. The van der Waals surface area contributed by atoms with Crippen LogP contribution in [0.2, 0.25) is 0 Å². The van der Waals surface area contributed by atoms with Crippen molar-refractivity contribution < 1.29 is 4.79 Å². The Morgan fingerprint density at radius 3 is 2.65 bits per heavy atom. The minimum atomic E-state index is -0.0340. The molecule has 1 rings (SSSR count). The number of carbonyl (C=O) groups is 1. The number of rotatable bonds is 6. The highest BCUT2D eigenvalue weighted by atomic mass is 16.1. The van der Waals surface area contributed by atoms with Crippen molar-refractivity contribution in [2.45, 2.75) is 53.0 Å². The van der Waals surface area contributed by atoms with Crippen molar-refractivity contribution >= 4 is 5.91 Å². The third-order valence-corrected chi connectivity index (χ3v) is 2.87. The van der Waals surface area contributed by atoms with Gasteiger partial charge in [-0.15, -0.1) is 0 Å². The van der Waals surface area contributed by atoms with Crippen molar-refractivity contribution in [2.75, 3.05) is 0 Å². The second kappa shape index (κ2) is 6.42. The van der Waals surface area contributed by atoms with Gasteiger partial charge in [0, 0.05) is 11.7 Å². The molecule has 4 heteroatoms. The van der Waals surface area contributed by atoms with Crippen LogP contribution < -0.4 is 5.32 Å². The molecule has 4 nitrogen and oxygen atoms in total. The summed E-state index contributed by atoms with van der Waals surface area (Å²) in [6, 6.07) is 0.218. The molecule has 0 saturated carbocycles. The summed E-state index contributed by atoms with van der Waals surface area (Å²) in [5.74, 6) is 0.697. The van der Waals surface area contributed by atoms with Crippen LogP contribution in [0.15, 0.2) is 6.20 Å². The molecule has 0 aliphatic heterocycles. The maximum atomic E-state index is 11.9. The number of hydrogen-bond acceptors (Lipinski definition) is 2. The zero-order valence-corrected chi connectivity index (χ0v) is 11.2. The smallest absolute Gasteiger partial charge is 0.254 e. The Hall–Kier alpha value is -1.32. The Morgan fingerprint density at radius 2 is 2.12 bits per heavy atom. The molecule has 0 saturated heterocycles. The molecule has 17 heavy (non-hydrogen) atoms. The quantitative estimate of drug-likeness (QED) is 0.799. The molecular formula is C13H23N3O. The average molecular weight is 237 g/mol. The highest BCUT2D eigenvalue weighted by molar-refractivity contribution is 5.95. The van der Waals surface area contributed by atoms with Crippen LogP contribution in [-0.2, 0) is 0 Å². The van der Waals surface area contributed by atoms with E-state index in [0.29, 0.717) is 5.56 Å². The Labute approximate surface area is 103 Å². The Morgan fingerprint density at radius 1 is 1.41 bits per heavy atom. The summed E-state index contributed by atoms with van der Waals surface area (Å²) < 4.78 is 0. The molecule has 1 atom stereocenters. The van der Waals surface area contributed by atoms with Gasteiger partial charge in [-0.25, -0.2) is 0 Å². The molecule has 0 aromatic carbocycles. The summed E-state index contributed by atoms with van der Waals surface area (Å²) >= 11 is 0. The van der Waals surface area contributed by atoms with E-state index >= 15 is 0 Å². The first-order valence-corrected chi connectivity index (χ1v) is 6.31. The minimum Gasteiger partial charge on any atom is -0.349 e. The molecule has 0 fully saturated rings. The molecule has 1 aromatic rings. The van der Waals surface area contributed by atoms with Gasteiger partial charge in [0.05, 0.1) is 11.8 Å². The molecule has 0 aliphatic carbocycles. The van der Waals surface area contributed by atoms with Crippen molar-refractivity contribution in [3.63, 3.8) is 0 Å². The standard InChI is InChI=1S/C13H23N3O/c1-9(2)6-5-7-10(3)15-13(17)12-8-14-16-11(12)4/h8-10H,5-7H2,1-4H3,(H,14,16)(H,15,17). The lowest BCUT2D eigenvalue weighted by molar-refractivity contribution is 0.0937. The summed E-state index contributed by atoms with van der Waals surface area (Å²) in [7, 11) is 0. The normalized spacial score (nSPS) is 12.8. The first-order chi connectivity index (χ1) is 8.00. The van der Waals surface area contributed by atoms with Crippen LogP contribution in [0.5, 0.6) is 0 Å². The fourth-order valence-corrected chi connectivity index (χ4v) is 1.79. The van der Waals surface area contributed by atoms with E-state index < -0.39 is 0 Å². The van der Waals surface area contributed by atoms with Crippen LogP contribution in [0, 0.1) is 12.8 Å². The van der Waals surface area contributed by atoms with Gasteiger partial charge in [0.1, 0.15) is 0 Å². The van der Waals surface area contributed by atoms with Gasteiger partial charge in [-0.1, -0.05) is 26.7 Å². The molecule has 1 aromatic heterocycles. The first-order valence-electron chi connectivity index (χ1n) is 6.31. The number of H-pyrrole nitrogens is 1. The Balaban J connectivity index is 2.34. The molecular weight excluding hydrogens is 214 g/mol. The molecule has 0 bridgehead atoms. The monoisotopic (exact) mass is 237 g/mol. The number of amides is 1. The number of nitrogens with zero attached hydrogens (tertiary/aromatic N) is 1. The molecule has 2 N–H and O–H groups in total. The van der Waals surface area contributed by atoms with Gasteiger partial charge in [-0.3, -0.25) is 9.89 Å². The summed E-state index contributed by atoms with van der Waals surface area (Å²) in [6.07, 6.45) is 4.97. The lowest BCUT2D eigenvalue weighted by Gasteiger charge is -2.14. The van der Waals surface area contributed by atoms with Gasteiger partial charge in [0.15, 0.2) is 0 Å². The van der Waals surface area contributed by atoms with E-state index in [1.807, 2.05) is 13.8 Å². The third-order valence-electron chi connectivity index (χ3n) is 2.87. The third kappa shape index (κ3) is 4.59. The molecule has 1 unspecified atom stereocenters. The average Bonchev–Trinajstić information content (AvgIpc) is 2.63. The first kappa shape index (κ1) is 13.7. The maximum absolute atomic E-state index is 11.9. The Kier molecular flexibility index (Phi) is 5.19. The maximum Gasteiger partial charge on any atom is 0.254 e. The van der Waals surface area contributed by atoms with E-state index in [-0.39, 0.29) is 11.9 Å². The van der Waals surface area contributed by atoms with E-state index in [9.17, 15) is 4.79 Å². The number of carbonyl (C=O) groups excluding carboxylic acids is 1. The van der Waals surface area contributed by atoms with Gasteiger partial charge < -0.3 is 5.32 Å². The van der Waals surface area contributed by atoms with Gasteiger partial charge >= 0.3 is 0 Å². The molecule has 0 spiro atoms. The van der Waals surface area contributed by atoms with Gasteiger partial charge in [0.2, 0.25) is 0 Å². The Bertz CT molecular complexity index is 357. The van der Waals surface area contributed by atoms with E-state index in [1.54, 1.807) is 6.20 Å². The van der Waals surface area contributed by atoms with Crippen molar-refractivity contribution in [3.8, 4) is 0 Å². The van der Waals surface area contributed by atoms with Gasteiger partial charge in [0.25, 0.3) is 5.91 Å². The summed E-state index contributed by atoms with van der Waals surface area (Å²) in [4.78, 5) is 11.9. The van der Waals surface area contributed by atoms with Crippen LogP contribution in [-0.4, -0.2) is 22.1 Å². The van der Waals surface area contributed by atoms with Crippen LogP contribution in [0.25, 0.3) is 0 Å². The lowest BCUT2D eigenvalue weighted by Crippen LogP contribution is -2.32. The molecule has 1 heterocycles. The number of nitrogens with one attached hydrogen (secondary N) is 2. The number of aromatic amines is 1. The summed E-state index contributed by atoms with van der Waals surface area (Å²) in [6.45, 7) is 8.34. The minimum absolute atomic E-state index is 0.0340. The number of hydrogen-bond donors (Lipinski definition) is 2. The largest absolute Gasteiger partial charge is 0.349 e. The van der Waals surface area contributed by atoms with Crippen LogP contribution in [0.4, 0.5) is 0 Å². The zero-order valence-electron chi connectivity index (χ0n) is 11.2. The fourth-order valence-electron chi connectivity index (χ4n) is 1.79. The van der Waals surface area contributed by atoms with Crippen LogP contribution in [0.1, 0.15) is 56.1 Å². The number of aromatic nitrogens is 2.